The minimum atomic E-state index is -3.71. The van der Waals surface area contributed by atoms with E-state index in [4.69, 9.17) is 20.2 Å². The second-order valence-electron chi connectivity index (χ2n) is 5.92. The standard InChI is InChI=1S/C12H22ClNO5S/c1-12(2,3)19-11(15)14-9(8-20(13,16)17)7-10-5-4-6-18-10/h9-10H,4-8H2,1-3H3,(H,14,15). The molecule has 2 unspecified atom stereocenters. The molecule has 0 aromatic heterocycles. The van der Waals surface area contributed by atoms with Crippen LogP contribution >= 0.6 is 10.7 Å². The lowest BCUT2D eigenvalue weighted by Gasteiger charge is -2.24. The van der Waals surface area contributed by atoms with E-state index in [1.54, 1.807) is 20.8 Å². The van der Waals surface area contributed by atoms with E-state index < -0.39 is 26.8 Å². The number of alkyl carbamates (subject to hydrolysis) is 1. The van der Waals surface area contributed by atoms with E-state index in [1.807, 2.05) is 0 Å². The zero-order valence-electron chi connectivity index (χ0n) is 12.0. The van der Waals surface area contributed by atoms with Gasteiger partial charge in [0, 0.05) is 23.3 Å². The van der Waals surface area contributed by atoms with Crippen molar-refractivity contribution in [3.8, 4) is 0 Å². The number of amides is 1. The lowest BCUT2D eigenvalue weighted by Crippen LogP contribution is -2.43. The van der Waals surface area contributed by atoms with Crippen molar-refractivity contribution in [1.82, 2.24) is 5.32 Å². The van der Waals surface area contributed by atoms with Gasteiger partial charge in [0.2, 0.25) is 9.05 Å². The highest BCUT2D eigenvalue weighted by Crippen LogP contribution is 2.18. The molecule has 8 heteroatoms. The molecule has 0 aromatic rings. The fourth-order valence-electron chi connectivity index (χ4n) is 2.03. The predicted molar refractivity (Wildman–Crippen MR) is 76.4 cm³/mol. The second-order valence-corrected chi connectivity index (χ2v) is 8.74. The molecule has 1 amide bonds. The quantitative estimate of drug-likeness (QED) is 0.781. The van der Waals surface area contributed by atoms with Gasteiger partial charge in [-0.3, -0.25) is 0 Å². The van der Waals surface area contributed by atoms with Gasteiger partial charge in [0.25, 0.3) is 0 Å². The fourth-order valence-corrected chi connectivity index (χ4v) is 3.19. The summed E-state index contributed by atoms with van der Waals surface area (Å²) >= 11 is 0. The average Bonchev–Trinajstić information content (AvgIpc) is 2.63. The highest BCUT2D eigenvalue weighted by Gasteiger charge is 2.27. The number of rotatable bonds is 5. The van der Waals surface area contributed by atoms with Crippen LogP contribution in [0.25, 0.3) is 0 Å². The molecule has 1 fully saturated rings. The van der Waals surface area contributed by atoms with Gasteiger partial charge in [0.15, 0.2) is 0 Å². The van der Waals surface area contributed by atoms with Crippen LogP contribution in [-0.2, 0) is 18.5 Å². The molecule has 20 heavy (non-hydrogen) atoms. The molecule has 1 saturated heterocycles. The molecule has 0 aliphatic carbocycles. The van der Waals surface area contributed by atoms with Crippen LogP contribution in [0.3, 0.4) is 0 Å². The number of hydrogen-bond acceptors (Lipinski definition) is 5. The summed E-state index contributed by atoms with van der Waals surface area (Å²) in [6.45, 7) is 5.87. The van der Waals surface area contributed by atoms with Gasteiger partial charge in [-0.15, -0.1) is 0 Å². The molecule has 2 atom stereocenters. The van der Waals surface area contributed by atoms with Gasteiger partial charge in [-0.1, -0.05) is 0 Å². The van der Waals surface area contributed by atoms with Crippen molar-refractivity contribution >= 4 is 25.8 Å². The molecule has 1 N–H and O–H groups in total. The molecule has 1 aliphatic rings. The number of halogens is 1. The number of carbonyl (C=O) groups is 1. The van der Waals surface area contributed by atoms with E-state index in [0.717, 1.165) is 12.8 Å². The summed E-state index contributed by atoms with van der Waals surface area (Å²) in [7, 11) is 1.56. The van der Waals surface area contributed by atoms with Crippen molar-refractivity contribution in [2.75, 3.05) is 12.4 Å². The van der Waals surface area contributed by atoms with Gasteiger partial charge in [0.05, 0.1) is 11.9 Å². The Labute approximate surface area is 124 Å². The van der Waals surface area contributed by atoms with Gasteiger partial charge >= 0.3 is 6.09 Å². The van der Waals surface area contributed by atoms with E-state index in [2.05, 4.69) is 5.32 Å². The van der Waals surface area contributed by atoms with Crippen molar-refractivity contribution in [3.05, 3.63) is 0 Å². The van der Waals surface area contributed by atoms with Gasteiger partial charge in [-0.05, 0) is 40.0 Å². The first-order valence-electron chi connectivity index (χ1n) is 6.58. The van der Waals surface area contributed by atoms with Crippen molar-refractivity contribution in [3.63, 3.8) is 0 Å². The maximum atomic E-state index is 11.7. The molecule has 0 saturated carbocycles. The van der Waals surface area contributed by atoms with Crippen molar-refractivity contribution in [2.24, 2.45) is 0 Å². The van der Waals surface area contributed by atoms with Crippen LogP contribution in [0.2, 0.25) is 0 Å². The number of nitrogens with one attached hydrogen (secondary N) is 1. The Morgan fingerprint density at radius 3 is 2.60 bits per heavy atom. The molecule has 1 aliphatic heterocycles. The lowest BCUT2D eigenvalue weighted by molar-refractivity contribution is 0.0477. The van der Waals surface area contributed by atoms with Gasteiger partial charge < -0.3 is 14.8 Å². The topological polar surface area (TPSA) is 81.7 Å². The molecule has 1 rings (SSSR count). The van der Waals surface area contributed by atoms with Crippen molar-refractivity contribution < 1.29 is 22.7 Å². The van der Waals surface area contributed by atoms with Crippen molar-refractivity contribution in [2.45, 2.75) is 57.8 Å². The van der Waals surface area contributed by atoms with E-state index >= 15 is 0 Å². The minimum Gasteiger partial charge on any atom is -0.444 e. The number of hydrogen-bond donors (Lipinski definition) is 1. The van der Waals surface area contributed by atoms with Crippen LogP contribution in [0.5, 0.6) is 0 Å². The van der Waals surface area contributed by atoms with Crippen LogP contribution < -0.4 is 5.32 Å². The first kappa shape index (κ1) is 17.5. The molecule has 118 valence electrons. The largest absolute Gasteiger partial charge is 0.444 e. The van der Waals surface area contributed by atoms with E-state index in [1.165, 1.54) is 0 Å². The smallest absolute Gasteiger partial charge is 0.407 e. The van der Waals surface area contributed by atoms with Gasteiger partial charge in [0.1, 0.15) is 5.60 Å². The van der Waals surface area contributed by atoms with Crippen LogP contribution in [0.15, 0.2) is 0 Å². The molecule has 0 aromatic carbocycles. The Balaban J connectivity index is 2.59. The highest BCUT2D eigenvalue weighted by atomic mass is 35.7. The summed E-state index contributed by atoms with van der Waals surface area (Å²) in [5, 5.41) is 2.55. The summed E-state index contributed by atoms with van der Waals surface area (Å²) in [5.74, 6) is -0.340. The van der Waals surface area contributed by atoms with Crippen LogP contribution in [0.1, 0.15) is 40.0 Å². The zero-order chi connectivity index (χ0) is 15.4. The first-order chi connectivity index (χ1) is 9.05. The Bertz CT molecular complexity index is 426. The van der Waals surface area contributed by atoms with Gasteiger partial charge in [-0.25, -0.2) is 13.2 Å². The van der Waals surface area contributed by atoms with E-state index in [-0.39, 0.29) is 11.9 Å². The lowest BCUT2D eigenvalue weighted by atomic mass is 10.1. The maximum absolute atomic E-state index is 11.7. The van der Waals surface area contributed by atoms with E-state index in [0.29, 0.717) is 13.0 Å². The Kier molecular flexibility index (Phi) is 6.09. The fraction of sp³-hybridized carbons (Fsp3) is 0.917. The normalized spacial score (nSPS) is 21.5. The Hall–Kier alpha value is -0.530. The molecule has 0 spiro atoms. The second kappa shape index (κ2) is 6.95. The monoisotopic (exact) mass is 327 g/mol. The van der Waals surface area contributed by atoms with Crippen LogP contribution in [0.4, 0.5) is 4.79 Å². The average molecular weight is 328 g/mol. The van der Waals surface area contributed by atoms with Crippen molar-refractivity contribution in [1.29, 1.82) is 0 Å². The molecular weight excluding hydrogens is 306 g/mol. The summed E-state index contributed by atoms with van der Waals surface area (Å²) < 4.78 is 33.0. The van der Waals surface area contributed by atoms with Crippen LogP contribution in [0, 0.1) is 0 Å². The minimum absolute atomic E-state index is 0.0478. The summed E-state index contributed by atoms with van der Waals surface area (Å²) in [6.07, 6.45) is 1.51. The number of carbonyl (C=O) groups excluding carboxylic acids is 1. The SMILES string of the molecule is CC(C)(C)OC(=O)NC(CC1CCCO1)CS(=O)(=O)Cl. The molecule has 6 nitrogen and oxygen atoms in total. The predicted octanol–water partition coefficient (Wildman–Crippen LogP) is 2.02. The zero-order valence-corrected chi connectivity index (χ0v) is 13.6. The van der Waals surface area contributed by atoms with E-state index in [9.17, 15) is 13.2 Å². The third-order valence-corrected chi connectivity index (χ3v) is 3.87. The molecule has 0 bridgehead atoms. The number of ether oxygens (including phenoxy) is 2. The Morgan fingerprint density at radius 2 is 2.15 bits per heavy atom. The first-order valence-corrected chi connectivity index (χ1v) is 9.06. The summed E-state index contributed by atoms with van der Waals surface area (Å²) in [4.78, 5) is 11.7. The summed E-state index contributed by atoms with van der Waals surface area (Å²) in [6, 6.07) is -0.615. The Morgan fingerprint density at radius 1 is 1.50 bits per heavy atom. The van der Waals surface area contributed by atoms with Gasteiger partial charge in [-0.2, -0.15) is 0 Å². The molecule has 1 heterocycles. The molecular formula is C12H22ClNO5S. The maximum Gasteiger partial charge on any atom is 0.407 e. The third-order valence-electron chi connectivity index (χ3n) is 2.69. The summed E-state index contributed by atoms with van der Waals surface area (Å²) in [5.41, 5.74) is -0.641. The molecule has 0 radical (unpaired) electrons. The highest BCUT2D eigenvalue weighted by molar-refractivity contribution is 8.13. The third kappa shape index (κ3) is 7.91. The van der Waals surface area contributed by atoms with Crippen LogP contribution in [-0.4, -0.2) is 44.6 Å².